The number of halogens is 1. The SMILES string of the molecule is O=C(COC(=O)c1cc2ccccc2[nH]1)Nc1ccccc1Cl. The highest BCUT2D eigenvalue weighted by atomic mass is 35.5. The van der Waals surface area contributed by atoms with Crippen LogP contribution in [0.1, 0.15) is 10.5 Å². The molecule has 0 spiro atoms. The fraction of sp³-hybridized carbons (Fsp3) is 0.0588. The number of esters is 1. The van der Waals surface area contributed by atoms with E-state index in [0.717, 1.165) is 10.9 Å². The molecule has 6 heteroatoms. The van der Waals surface area contributed by atoms with E-state index in [-0.39, 0.29) is 6.61 Å². The standard InChI is InChI=1S/C17H13ClN2O3/c18-12-6-2-4-8-14(12)20-16(21)10-23-17(22)15-9-11-5-1-3-7-13(11)19-15/h1-9,19H,10H2,(H,20,21). The molecule has 23 heavy (non-hydrogen) atoms. The lowest BCUT2D eigenvalue weighted by Gasteiger charge is -2.07. The van der Waals surface area contributed by atoms with E-state index in [1.54, 1.807) is 30.3 Å². The van der Waals surface area contributed by atoms with Gasteiger partial charge in [0.05, 0.1) is 10.7 Å². The quantitative estimate of drug-likeness (QED) is 0.719. The number of carbonyl (C=O) groups is 2. The van der Waals surface area contributed by atoms with E-state index in [0.29, 0.717) is 16.4 Å². The molecule has 116 valence electrons. The monoisotopic (exact) mass is 328 g/mol. The Morgan fingerprint density at radius 1 is 1.09 bits per heavy atom. The fourth-order valence-electron chi connectivity index (χ4n) is 2.14. The zero-order valence-corrected chi connectivity index (χ0v) is 12.8. The molecule has 1 aromatic heterocycles. The van der Waals surface area contributed by atoms with Crippen LogP contribution in [0.4, 0.5) is 5.69 Å². The maximum Gasteiger partial charge on any atom is 0.355 e. The van der Waals surface area contributed by atoms with Gasteiger partial charge in [-0.2, -0.15) is 0 Å². The van der Waals surface area contributed by atoms with Gasteiger partial charge in [0, 0.05) is 10.9 Å². The summed E-state index contributed by atoms with van der Waals surface area (Å²) in [5.41, 5.74) is 1.61. The van der Waals surface area contributed by atoms with Gasteiger partial charge in [-0.1, -0.05) is 41.9 Å². The number of nitrogens with one attached hydrogen (secondary N) is 2. The van der Waals surface area contributed by atoms with E-state index >= 15 is 0 Å². The Morgan fingerprint density at radius 2 is 1.83 bits per heavy atom. The van der Waals surface area contributed by atoms with Gasteiger partial charge in [-0.15, -0.1) is 0 Å². The van der Waals surface area contributed by atoms with Crippen molar-refractivity contribution in [2.24, 2.45) is 0 Å². The minimum Gasteiger partial charge on any atom is -0.451 e. The predicted molar refractivity (Wildman–Crippen MR) is 88.7 cm³/mol. The zero-order chi connectivity index (χ0) is 16.2. The number of benzene rings is 2. The van der Waals surface area contributed by atoms with Crippen LogP contribution in [0.2, 0.25) is 5.02 Å². The molecule has 1 amide bonds. The lowest BCUT2D eigenvalue weighted by molar-refractivity contribution is -0.119. The Labute approximate surface area is 137 Å². The largest absolute Gasteiger partial charge is 0.451 e. The van der Waals surface area contributed by atoms with Crippen molar-refractivity contribution in [2.45, 2.75) is 0 Å². The van der Waals surface area contributed by atoms with Crippen LogP contribution in [-0.4, -0.2) is 23.5 Å². The number of carbonyl (C=O) groups excluding carboxylic acids is 2. The Hall–Kier alpha value is -2.79. The van der Waals surface area contributed by atoms with Crippen molar-refractivity contribution in [3.63, 3.8) is 0 Å². The number of aromatic amines is 1. The molecule has 2 aromatic carbocycles. The third-order valence-electron chi connectivity index (χ3n) is 3.23. The lowest BCUT2D eigenvalue weighted by atomic mass is 10.2. The molecule has 0 aliphatic carbocycles. The maximum absolute atomic E-state index is 12.0. The number of H-pyrrole nitrogens is 1. The number of fused-ring (bicyclic) bond motifs is 1. The Morgan fingerprint density at radius 3 is 2.61 bits per heavy atom. The zero-order valence-electron chi connectivity index (χ0n) is 12.0. The number of ether oxygens (including phenoxy) is 1. The van der Waals surface area contributed by atoms with E-state index in [1.165, 1.54) is 0 Å². The summed E-state index contributed by atoms with van der Waals surface area (Å²) in [7, 11) is 0. The normalized spacial score (nSPS) is 10.5. The highest BCUT2D eigenvalue weighted by Crippen LogP contribution is 2.20. The molecule has 0 saturated heterocycles. The predicted octanol–water partition coefficient (Wildman–Crippen LogP) is 3.62. The van der Waals surface area contributed by atoms with E-state index in [9.17, 15) is 9.59 Å². The second-order valence-corrected chi connectivity index (χ2v) is 5.28. The maximum atomic E-state index is 12.0. The van der Waals surface area contributed by atoms with Crippen molar-refractivity contribution in [3.05, 3.63) is 65.3 Å². The molecule has 0 aliphatic heterocycles. The van der Waals surface area contributed by atoms with Gasteiger partial charge >= 0.3 is 5.97 Å². The molecule has 3 rings (SSSR count). The molecule has 0 radical (unpaired) electrons. The number of rotatable bonds is 4. The number of hydrogen-bond acceptors (Lipinski definition) is 3. The van der Waals surface area contributed by atoms with E-state index < -0.39 is 11.9 Å². The Balaban J connectivity index is 1.60. The van der Waals surface area contributed by atoms with Crippen molar-refractivity contribution in [1.29, 1.82) is 0 Å². The number of amides is 1. The third kappa shape index (κ3) is 3.52. The molecule has 0 bridgehead atoms. The van der Waals surface area contributed by atoms with E-state index in [4.69, 9.17) is 16.3 Å². The van der Waals surface area contributed by atoms with Crippen molar-refractivity contribution in [3.8, 4) is 0 Å². The van der Waals surface area contributed by atoms with Crippen LogP contribution in [0.25, 0.3) is 10.9 Å². The van der Waals surface area contributed by atoms with Gasteiger partial charge in [0.2, 0.25) is 0 Å². The molecule has 0 unspecified atom stereocenters. The van der Waals surface area contributed by atoms with Crippen molar-refractivity contribution in [2.75, 3.05) is 11.9 Å². The highest BCUT2D eigenvalue weighted by molar-refractivity contribution is 6.33. The van der Waals surface area contributed by atoms with Gasteiger partial charge in [0.25, 0.3) is 5.91 Å². The first kappa shape index (κ1) is 15.1. The molecular weight excluding hydrogens is 316 g/mol. The second-order valence-electron chi connectivity index (χ2n) is 4.87. The van der Waals surface area contributed by atoms with Crippen LogP contribution < -0.4 is 5.32 Å². The summed E-state index contributed by atoms with van der Waals surface area (Å²) in [6, 6.07) is 16.0. The van der Waals surface area contributed by atoms with Crippen molar-refractivity contribution < 1.29 is 14.3 Å². The lowest BCUT2D eigenvalue weighted by Crippen LogP contribution is -2.21. The average Bonchev–Trinajstić information content (AvgIpc) is 2.99. The molecule has 0 saturated carbocycles. The number of anilines is 1. The minimum atomic E-state index is -0.587. The smallest absolute Gasteiger partial charge is 0.355 e. The van der Waals surface area contributed by atoms with Gasteiger partial charge in [-0.05, 0) is 24.3 Å². The van der Waals surface area contributed by atoms with Crippen LogP contribution in [0.15, 0.2) is 54.6 Å². The van der Waals surface area contributed by atoms with Crippen molar-refractivity contribution in [1.82, 2.24) is 4.98 Å². The number of aromatic nitrogens is 1. The van der Waals surface area contributed by atoms with Crippen LogP contribution in [0, 0.1) is 0 Å². The molecule has 2 N–H and O–H groups in total. The molecular formula is C17H13ClN2O3. The van der Waals surface area contributed by atoms with Crippen LogP contribution >= 0.6 is 11.6 Å². The van der Waals surface area contributed by atoms with Gasteiger partial charge < -0.3 is 15.0 Å². The van der Waals surface area contributed by atoms with Gasteiger partial charge in [-0.25, -0.2) is 4.79 Å². The average molecular weight is 329 g/mol. The summed E-state index contributed by atoms with van der Waals surface area (Å²) < 4.78 is 5.01. The summed E-state index contributed by atoms with van der Waals surface area (Å²) in [5, 5.41) is 3.91. The van der Waals surface area contributed by atoms with E-state index in [1.807, 2.05) is 24.3 Å². The highest BCUT2D eigenvalue weighted by Gasteiger charge is 2.13. The number of hydrogen-bond donors (Lipinski definition) is 2. The molecule has 3 aromatic rings. The van der Waals surface area contributed by atoms with Crippen molar-refractivity contribution >= 4 is 40.1 Å². The fourth-order valence-corrected chi connectivity index (χ4v) is 2.32. The summed E-state index contributed by atoms with van der Waals surface area (Å²) in [4.78, 5) is 26.7. The third-order valence-corrected chi connectivity index (χ3v) is 3.56. The summed E-state index contributed by atoms with van der Waals surface area (Å²) >= 11 is 5.94. The first-order chi connectivity index (χ1) is 11.1. The van der Waals surface area contributed by atoms with Gasteiger partial charge in [0.1, 0.15) is 5.69 Å². The molecule has 5 nitrogen and oxygen atoms in total. The number of para-hydroxylation sites is 2. The molecule has 0 aliphatic rings. The van der Waals surface area contributed by atoms with Crippen LogP contribution in [0.3, 0.4) is 0 Å². The minimum absolute atomic E-state index is 0.303. The van der Waals surface area contributed by atoms with Gasteiger partial charge in [-0.3, -0.25) is 4.79 Å². The van der Waals surface area contributed by atoms with E-state index in [2.05, 4.69) is 10.3 Å². The first-order valence-electron chi connectivity index (χ1n) is 6.93. The van der Waals surface area contributed by atoms with Crippen LogP contribution in [0.5, 0.6) is 0 Å². The summed E-state index contributed by atoms with van der Waals surface area (Å²) in [6.45, 7) is -0.389. The van der Waals surface area contributed by atoms with Crippen LogP contribution in [-0.2, 0) is 9.53 Å². The first-order valence-corrected chi connectivity index (χ1v) is 7.30. The molecule has 0 atom stereocenters. The molecule has 1 heterocycles. The topological polar surface area (TPSA) is 71.2 Å². The Bertz CT molecular complexity index is 840. The van der Waals surface area contributed by atoms with Gasteiger partial charge in [0.15, 0.2) is 6.61 Å². The summed E-state index contributed by atoms with van der Waals surface area (Å²) in [6.07, 6.45) is 0. The second kappa shape index (κ2) is 6.54. The molecule has 0 fully saturated rings. The Kier molecular flexibility index (Phi) is 4.30. The summed E-state index contributed by atoms with van der Waals surface area (Å²) in [5.74, 6) is -1.04.